The largest absolute Gasteiger partial charge is 0.493 e. The lowest BCUT2D eigenvalue weighted by molar-refractivity contribution is 0.0383. The Bertz CT molecular complexity index is 1080. The minimum atomic E-state index is -0.944. The van der Waals surface area contributed by atoms with Gasteiger partial charge in [0.05, 0.1) is 37.6 Å². The Morgan fingerprint density at radius 3 is 2.00 bits per heavy atom. The van der Waals surface area contributed by atoms with E-state index in [1.165, 1.54) is 12.1 Å². The number of carbonyl (C=O) groups excluding carboxylic acids is 4. The van der Waals surface area contributed by atoms with E-state index in [2.05, 4.69) is 0 Å². The number of esters is 4. The van der Waals surface area contributed by atoms with Gasteiger partial charge in [0, 0.05) is 10.8 Å². The maximum absolute atomic E-state index is 12.9. The standard InChI is InChI=1S/C22H22O9/c1-5-27-13-10-12-16-15(17(13)21(25)30-8-4)11(19(23)29-7-3)9-14(28-6-2)18(16)22(26)31-20(12)24/h9-10H,5-8H2,1-4H3. The molecule has 0 aliphatic carbocycles. The highest BCUT2D eigenvalue weighted by Crippen LogP contribution is 2.43. The van der Waals surface area contributed by atoms with Crippen molar-refractivity contribution < 1.29 is 42.9 Å². The van der Waals surface area contributed by atoms with Crippen molar-refractivity contribution in [2.24, 2.45) is 0 Å². The average Bonchev–Trinajstić information content (AvgIpc) is 2.72. The summed E-state index contributed by atoms with van der Waals surface area (Å²) in [6.07, 6.45) is 0. The first-order valence-corrected chi connectivity index (χ1v) is 9.93. The first-order chi connectivity index (χ1) is 14.9. The lowest BCUT2D eigenvalue weighted by Gasteiger charge is -2.23. The van der Waals surface area contributed by atoms with Crippen molar-refractivity contribution in [2.75, 3.05) is 26.4 Å². The highest BCUT2D eigenvalue weighted by molar-refractivity contribution is 6.28. The third kappa shape index (κ3) is 3.78. The van der Waals surface area contributed by atoms with Gasteiger partial charge in [0.15, 0.2) is 0 Å². The van der Waals surface area contributed by atoms with Gasteiger partial charge in [-0.2, -0.15) is 0 Å². The lowest BCUT2D eigenvalue weighted by Crippen LogP contribution is -2.24. The molecule has 0 amide bonds. The van der Waals surface area contributed by atoms with E-state index < -0.39 is 23.9 Å². The SMILES string of the molecule is CCOC(=O)c1cc(OCC)c2c3c(cc(OCC)c(C(=O)OCC)c13)C(=O)OC2=O. The van der Waals surface area contributed by atoms with Crippen molar-refractivity contribution in [3.8, 4) is 11.5 Å². The Labute approximate surface area is 178 Å². The molecule has 9 heteroatoms. The van der Waals surface area contributed by atoms with Gasteiger partial charge in [0.25, 0.3) is 0 Å². The van der Waals surface area contributed by atoms with Gasteiger partial charge in [-0.25, -0.2) is 19.2 Å². The van der Waals surface area contributed by atoms with Crippen LogP contribution in [0.4, 0.5) is 0 Å². The summed E-state index contributed by atoms with van der Waals surface area (Å²) in [4.78, 5) is 50.9. The maximum Gasteiger partial charge on any atom is 0.350 e. The minimum absolute atomic E-state index is 0.0151. The number of ether oxygens (including phenoxy) is 5. The number of carbonyl (C=O) groups is 4. The van der Waals surface area contributed by atoms with Gasteiger partial charge in [0.1, 0.15) is 22.6 Å². The molecule has 0 saturated heterocycles. The smallest absolute Gasteiger partial charge is 0.350 e. The quantitative estimate of drug-likeness (QED) is 0.353. The highest BCUT2D eigenvalue weighted by Gasteiger charge is 2.37. The third-order valence-electron chi connectivity index (χ3n) is 4.52. The van der Waals surface area contributed by atoms with Crippen molar-refractivity contribution in [1.82, 2.24) is 0 Å². The van der Waals surface area contributed by atoms with E-state index in [9.17, 15) is 19.2 Å². The van der Waals surface area contributed by atoms with Crippen molar-refractivity contribution in [1.29, 1.82) is 0 Å². The zero-order chi connectivity index (χ0) is 22.7. The zero-order valence-corrected chi connectivity index (χ0v) is 17.7. The van der Waals surface area contributed by atoms with E-state index >= 15 is 0 Å². The van der Waals surface area contributed by atoms with Crippen molar-refractivity contribution in [3.05, 3.63) is 34.4 Å². The number of benzene rings is 2. The number of rotatable bonds is 8. The maximum atomic E-state index is 12.9. The monoisotopic (exact) mass is 430 g/mol. The van der Waals surface area contributed by atoms with Crippen LogP contribution in [0.25, 0.3) is 10.8 Å². The van der Waals surface area contributed by atoms with Crippen molar-refractivity contribution >= 4 is 34.6 Å². The van der Waals surface area contributed by atoms with Gasteiger partial charge in [0.2, 0.25) is 0 Å². The summed E-state index contributed by atoms with van der Waals surface area (Å²) in [5, 5.41) is 0.0723. The average molecular weight is 430 g/mol. The van der Waals surface area contributed by atoms with Gasteiger partial charge < -0.3 is 23.7 Å². The molecular formula is C22H22O9. The second-order valence-corrected chi connectivity index (χ2v) is 6.33. The molecular weight excluding hydrogens is 408 g/mol. The van der Waals surface area contributed by atoms with Gasteiger partial charge in [-0.15, -0.1) is 0 Å². The molecule has 0 N–H and O–H groups in total. The Hall–Kier alpha value is -3.62. The Kier molecular flexibility index (Phi) is 6.43. The van der Waals surface area contributed by atoms with E-state index in [1.807, 2.05) is 0 Å². The van der Waals surface area contributed by atoms with Crippen LogP contribution in [0.1, 0.15) is 69.1 Å². The summed E-state index contributed by atoms with van der Waals surface area (Å²) in [7, 11) is 0. The number of hydrogen-bond donors (Lipinski definition) is 0. The molecule has 1 aliphatic heterocycles. The summed E-state index contributed by atoms with van der Waals surface area (Å²) < 4.78 is 26.4. The lowest BCUT2D eigenvalue weighted by atomic mass is 9.89. The van der Waals surface area contributed by atoms with E-state index in [-0.39, 0.29) is 71.0 Å². The Balaban J connectivity index is 2.57. The molecule has 1 aliphatic rings. The topological polar surface area (TPSA) is 114 Å². The van der Waals surface area contributed by atoms with E-state index in [0.717, 1.165) is 0 Å². The molecule has 0 spiro atoms. The van der Waals surface area contributed by atoms with Crippen LogP contribution in [-0.4, -0.2) is 50.3 Å². The van der Waals surface area contributed by atoms with E-state index in [1.54, 1.807) is 27.7 Å². The van der Waals surface area contributed by atoms with E-state index in [4.69, 9.17) is 23.7 Å². The summed E-state index contributed by atoms with van der Waals surface area (Å²) >= 11 is 0. The molecule has 31 heavy (non-hydrogen) atoms. The molecule has 0 unspecified atom stereocenters. The van der Waals surface area contributed by atoms with Gasteiger partial charge in [-0.1, -0.05) is 0 Å². The minimum Gasteiger partial charge on any atom is -0.493 e. The fraction of sp³-hybridized carbons (Fsp3) is 0.364. The van der Waals surface area contributed by atoms with Crippen LogP contribution >= 0.6 is 0 Å². The Morgan fingerprint density at radius 2 is 1.39 bits per heavy atom. The fourth-order valence-corrected chi connectivity index (χ4v) is 3.45. The predicted molar refractivity (Wildman–Crippen MR) is 108 cm³/mol. The van der Waals surface area contributed by atoms with Crippen LogP contribution < -0.4 is 9.47 Å². The van der Waals surface area contributed by atoms with Gasteiger partial charge >= 0.3 is 23.9 Å². The third-order valence-corrected chi connectivity index (χ3v) is 4.52. The molecule has 0 atom stereocenters. The summed E-state index contributed by atoms with van der Waals surface area (Å²) in [6, 6.07) is 2.61. The van der Waals surface area contributed by atoms with Crippen molar-refractivity contribution in [3.63, 3.8) is 0 Å². The molecule has 2 aromatic carbocycles. The predicted octanol–water partition coefficient (Wildman–Crippen LogP) is 3.30. The molecule has 0 radical (unpaired) electrons. The molecule has 0 aromatic heterocycles. The first kappa shape index (κ1) is 22.1. The number of hydrogen-bond acceptors (Lipinski definition) is 9. The number of cyclic esters (lactones) is 2. The van der Waals surface area contributed by atoms with Crippen LogP contribution in [0.2, 0.25) is 0 Å². The van der Waals surface area contributed by atoms with Crippen LogP contribution in [0, 0.1) is 0 Å². The van der Waals surface area contributed by atoms with E-state index in [0.29, 0.717) is 0 Å². The summed E-state index contributed by atoms with van der Waals surface area (Å²) in [5.74, 6) is -3.34. The molecule has 0 saturated carbocycles. The van der Waals surface area contributed by atoms with Crippen LogP contribution in [0.3, 0.4) is 0 Å². The van der Waals surface area contributed by atoms with Crippen molar-refractivity contribution in [2.45, 2.75) is 27.7 Å². The summed E-state index contributed by atoms with van der Waals surface area (Å²) in [5.41, 5.74) is -0.240. The molecule has 3 rings (SSSR count). The van der Waals surface area contributed by atoms with Crippen LogP contribution in [0.15, 0.2) is 12.1 Å². The molecule has 2 aromatic rings. The molecule has 0 bridgehead atoms. The Morgan fingerprint density at radius 1 is 0.774 bits per heavy atom. The second-order valence-electron chi connectivity index (χ2n) is 6.33. The zero-order valence-electron chi connectivity index (χ0n) is 17.7. The first-order valence-electron chi connectivity index (χ1n) is 9.93. The van der Waals surface area contributed by atoms with Crippen LogP contribution in [0.5, 0.6) is 11.5 Å². The molecule has 1 heterocycles. The second kappa shape index (κ2) is 9.03. The summed E-state index contributed by atoms with van der Waals surface area (Å²) in [6.45, 7) is 7.14. The van der Waals surface area contributed by atoms with Gasteiger partial charge in [-0.3, -0.25) is 0 Å². The van der Waals surface area contributed by atoms with Crippen LogP contribution in [-0.2, 0) is 14.2 Å². The molecule has 9 nitrogen and oxygen atoms in total. The normalized spacial score (nSPS) is 12.4. The fourth-order valence-electron chi connectivity index (χ4n) is 3.45. The molecule has 164 valence electrons. The van der Waals surface area contributed by atoms with Gasteiger partial charge in [-0.05, 0) is 39.8 Å². The highest BCUT2D eigenvalue weighted by atomic mass is 16.6. The molecule has 0 fully saturated rings.